The fourth-order valence-electron chi connectivity index (χ4n) is 1.04. The third kappa shape index (κ3) is 4.70. The Bertz CT molecular complexity index is 102. The molecule has 1 nitrogen and oxygen atoms in total. The summed E-state index contributed by atoms with van der Waals surface area (Å²) >= 11 is 2.03. The van der Waals surface area contributed by atoms with Crippen LogP contribution in [0, 0.1) is 5.92 Å². The Balaban J connectivity index is 1.87. The summed E-state index contributed by atoms with van der Waals surface area (Å²) in [7, 11) is 0. The van der Waals surface area contributed by atoms with E-state index in [0.29, 0.717) is 6.04 Å². The highest BCUT2D eigenvalue weighted by atomic mass is 32.2. The lowest BCUT2D eigenvalue weighted by atomic mass is 10.3. The van der Waals surface area contributed by atoms with Crippen molar-refractivity contribution in [1.29, 1.82) is 0 Å². The average molecular weight is 173 g/mol. The van der Waals surface area contributed by atoms with Gasteiger partial charge in [-0.1, -0.05) is 6.92 Å². The summed E-state index contributed by atoms with van der Waals surface area (Å²) in [6, 6.07) is 0.709. The molecule has 0 amide bonds. The lowest BCUT2D eigenvalue weighted by molar-refractivity contribution is 0.566. The third-order valence-electron chi connectivity index (χ3n) is 2.02. The molecule has 1 unspecified atom stereocenters. The Hall–Kier alpha value is 0.310. The van der Waals surface area contributed by atoms with Crippen LogP contribution in [0.15, 0.2) is 0 Å². The van der Waals surface area contributed by atoms with Crippen molar-refractivity contribution in [2.75, 3.05) is 18.1 Å². The molecule has 1 saturated carbocycles. The molecule has 0 aromatic carbocycles. The van der Waals surface area contributed by atoms with Crippen LogP contribution in [0.4, 0.5) is 0 Å². The summed E-state index contributed by atoms with van der Waals surface area (Å²) in [6.07, 6.45) is 2.92. The lowest BCUT2D eigenvalue weighted by Gasteiger charge is -2.11. The van der Waals surface area contributed by atoms with E-state index in [1.54, 1.807) is 0 Å². The second kappa shape index (κ2) is 5.04. The van der Waals surface area contributed by atoms with Crippen LogP contribution in [0.5, 0.6) is 0 Å². The second-order valence-electron chi connectivity index (χ2n) is 3.41. The molecular weight excluding hydrogens is 154 g/mol. The van der Waals surface area contributed by atoms with Crippen LogP contribution in [-0.4, -0.2) is 24.1 Å². The molecular formula is C9H19NS. The first kappa shape index (κ1) is 9.40. The minimum atomic E-state index is 0.709. The van der Waals surface area contributed by atoms with Crippen LogP contribution in [0.25, 0.3) is 0 Å². The first-order chi connectivity index (χ1) is 5.33. The zero-order valence-electron chi connectivity index (χ0n) is 7.60. The summed E-state index contributed by atoms with van der Waals surface area (Å²) < 4.78 is 0. The van der Waals surface area contributed by atoms with Crippen molar-refractivity contribution in [1.82, 2.24) is 5.32 Å². The normalized spacial score (nSPS) is 20.2. The van der Waals surface area contributed by atoms with Crippen molar-refractivity contribution in [3.05, 3.63) is 0 Å². The van der Waals surface area contributed by atoms with Crippen molar-refractivity contribution in [3.8, 4) is 0 Å². The molecule has 0 bridgehead atoms. The van der Waals surface area contributed by atoms with E-state index in [2.05, 4.69) is 19.2 Å². The summed E-state index contributed by atoms with van der Waals surface area (Å²) in [4.78, 5) is 0. The van der Waals surface area contributed by atoms with E-state index in [4.69, 9.17) is 0 Å². The molecule has 0 aromatic heterocycles. The van der Waals surface area contributed by atoms with Gasteiger partial charge in [0.1, 0.15) is 0 Å². The van der Waals surface area contributed by atoms with E-state index < -0.39 is 0 Å². The number of hydrogen-bond acceptors (Lipinski definition) is 2. The van der Waals surface area contributed by atoms with E-state index in [1.807, 2.05) is 11.8 Å². The van der Waals surface area contributed by atoms with Crippen LogP contribution in [-0.2, 0) is 0 Å². The molecule has 0 aliphatic heterocycles. The van der Waals surface area contributed by atoms with E-state index in [-0.39, 0.29) is 0 Å². The zero-order valence-corrected chi connectivity index (χ0v) is 8.41. The Morgan fingerprint density at radius 3 is 2.82 bits per heavy atom. The van der Waals surface area contributed by atoms with E-state index >= 15 is 0 Å². The van der Waals surface area contributed by atoms with Gasteiger partial charge < -0.3 is 5.32 Å². The summed E-state index contributed by atoms with van der Waals surface area (Å²) in [5, 5.41) is 3.56. The van der Waals surface area contributed by atoms with Gasteiger partial charge in [0, 0.05) is 11.8 Å². The quantitative estimate of drug-likeness (QED) is 0.660. The first-order valence-corrected chi connectivity index (χ1v) is 5.79. The fourth-order valence-corrected chi connectivity index (χ4v) is 1.75. The number of thioether (sulfide) groups is 1. The van der Waals surface area contributed by atoms with Gasteiger partial charge in [-0.25, -0.2) is 0 Å². The maximum absolute atomic E-state index is 3.56. The zero-order chi connectivity index (χ0) is 8.10. The Kier molecular flexibility index (Phi) is 4.31. The van der Waals surface area contributed by atoms with Gasteiger partial charge in [-0.3, -0.25) is 0 Å². The number of nitrogens with one attached hydrogen (secondary N) is 1. The lowest BCUT2D eigenvalue weighted by Crippen LogP contribution is -2.30. The van der Waals surface area contributed by atoms with Crippen molar-refractivity contribution in [2.45, 2.75) is 32.7 Å². The molecule has 0 heterocycles. The van der Waals surface area contributed by atoms with Crippen LogP contribution in [0.3, 0.4) is 0 Å². The van der Waals surface area contributed by atoms with Gasteiger partial charge >= 0.3 is 0 Å². The van der Waals surface area contributed by atoms with Crippen molar-refractivity contribution in [2.24, 2.45) is 5.92 Å². The molecule has 1 aliphatic rings. The second-order valence-corrected chi connectivity index (χ2v) is 4.73. The molecule has 1 aliphatic carbocycles. The van der Waals surface area contributed by atoms with Gasteiger partial charge in [-0.15, -0.1) is 0 Å². The van der Waals surface area contributed by atoms with Crippen molar-refractivity contribution >= 4 is 11.8 Å². The highest BCUT2D eigenvalue weighted by Crippen LogP contribution is 2.27. The molecule has 2 heteroatoms. The average Bonchev–Trinajstić information content (AvgIpc) is 2.80. The Morgan fingerprint density at radius 2 is 2.27 bits per heavy atom. The molecule has 0 saturated heterocycles. The molecule has 1 rings (SSSR count). The summed E-state index contributed by atoms with van der Waals surface area (Å²) in [6.45, 7) is 5.76. The molecule has 66 valence electrons. The van der Waals surface area contributed by atoms with Gasteiger partial charge in [0.25, 0.3) is 0 Å². The molecule has 1 N–H and O–H groups in total. The third-order valence-corrected chi connectivity index (χ3v) is 3.17. The van der Waals surface area contributed by atoms with Gasteiger partial charge in [0.15, 0.2) is 0 Å². The monoisotopic (exact) mass is 173 g/mol. The standard InChI is InChI=1S/C9H19NS/c1-3-11-7-8(2)10-6-9-4-5-9/h8-10H,3-7H2,1-2H3. The maximum atomic E-state index is 3.56. The van der Waals surface area contributed by atoms with Crippen LogP contribution < -0.4 is 5.32 Å². The summed E-state index contributed by atoms with van der Waals surface area (Å²) in [5.74, 6) is 3.53. The van der Waals surface area contributed by atoms with Gasteiger partial charge in [0.05, 0.1) is 0 Å². The van der Waals surface area contributed by atoms with Crippen LogP contribution in [0.1, 0.15) is 26.7 Å². The van der Waals surface area contributed by atoms with E-state index in [0.717, 1.165) is 5.92 Å². The molecule has 0 spiro atoms. The van der Waals surface area contributed by atoms with Gasteiger partial charge in [-0.05, 0) is 38.0 Å². The fraction of sp³-hybridized carbons (Fsp3) is 1.00. The van der Waals surface area contributed by atoms with Crippen LogP contribution >= 0.6 is 11.8 Å². The molecule has 0 radical (unpaired) electrons. The Labute approximate surface area is 74.3 Å². The highest BCUT2D eigenvalue weighted by Gasteiger charge is 2.20. The largest absolute Gasteiger partial charge is 0.313 e. The SMILES string of the molecule is CCSCC(C)NCC1CC1. The van der Waals surface area contributed by atoms with Crippen molar-refractivity contribution in [3.63, 3.8) is 0 Å². The molecule has 11 heavy (non-hydrogen) atoms. The Morgan fingerprint density at radius 1 is 1.55 bits per heavy atom. The van der Waals surface area contributed by atoms with Gasteiger partial charge in [0.2, 0.25) is 0 Å². The minimum absolute atomic E-state index is 0.709. The minimum Gasteiger partial charge on any atom is -0.313 e. The number of hydrogen-bond donors (Lipinski definition) is 1. The smallest absolute Gasteiger partial charge is 0.0130 e. The molecule has 1 atom stereocenters. The predicted molar refractivity (Wildman–Crippen MR) is 53.2 cm³/mol. The van der Waals surface area contributed by atoms with E-state index in [9.17, 15) is 0 Å². The highest BCUT2D eigenvalue weighted by molar-refractivity contribution is 7.99. The summed E-state index contributed by atoms with van der Waals surface area (Å²) in [5.41, 5.74) is 0. The maximum Gasteiger partial charge on any atom is 0.0130 e. The van der Waals surface area contributed by atoms with Crippen molar-refractivity contribution < 1.29 is 0 Å². The molecule has 0 aromatic rings. The topological polar surface area (TPSA) is 12.0 Å². The van der Waals surface area contributed by atoms with E-state index in [1.165, 1.54) is 30.9 Å². The first-order valence-electron chi connectivity index (χ1n) is 4.64. The molecule has 1 fully saturated rings. The van der Waals surface area contributed by atoms with Gasteiger partial charge in [-0.2, -0.15) is 11.8 Å². The van der Waals surface area contributed by atoms with Crippen LogP contribution in [0.2, 0.25) is 0 Å². The predicted octanol–water partition coefficient (Wildman–Crippen LogP) is 2.13. The number of rotatable bonds is 6.